The Bertz CT molecular complexity index is 1160. The summed E-state index contributed by atoms with van der Waals surface area (Å²) in [7, 11) is 3.19. The second kappa shape index (κ2) is 10.4. The van der Waals surface area contributed by atoms with Crippen LogP contribution in [0.25, 0.3) is 0 Å². The van der Waals surface area contributed by atoms with Gasteiger partial charge in [-0.1, -0.05) is 6.58 Å². The molecule has 2 unspecified atom stereocenters. The summed E-state index contributed by atoms with van der Waals surface area (Å²) in [5, 5.41) is 6.09. The highest BCUT2D eigenvalue weighted by atomic mass is 16.5. The van der Waals surface area contributed by atoms with Crippen molar-refractivity contribution in [2.45, 2.75) is 39.4 Å². The third-order valence-corrected chi connectivity index (χ3v) is 6.53. The molecule has 2 aliphatic rings. The van der Waals surface area contributed by atoms with Crippen molar-refractivity contribution in [3.8, 4) is 11.5 Å². The molecule has 0 radical (unpaired) electrons. The second-order valence-electron chi connectivity index (χ2n) is 8.64. The molecule has 36 heavy (non-hydrogen) atoms. The van der Waals surface area contributed by atoms with Gasteiger partial charge in [0.2, 0.25) is 11.9 Å². The summed E-state index contributed by atoms with van der Waals surface area (Å²) in [5.41, 5.74) is 3.24. The van der Waals surface area contributed by atoms with E-state index in [9.17, 15) is 9.59 Å². The lowest BCUT2D eigenvalue weighted by Gasteiger charge is -2.37. The molecule has 2 N–H and O–H groups in total. The number of rotatable bonds is 8. The molecular formula is C25H32N6O5. The molecular weight excluding hydrogens is 464 g/mol. The first kappa shape index (κ1) is 25.2. The van der Waals surface area contributed by atoms with E-state index in [1.54, 1.807) is 30.2 Å². The van der Waals surface area contributed by atoms with Gasteiger partial charge in [0.25, 0.3) is 0 Å². The standard InChI is InChI=1S/C25H32N6O5/c1-7-21(32)27-17-12-36-13-18(17)28-24-26-10-16-11-31(25(33)30(8-2)23(16)29-24)22-14(3)19(34-5)9-20(35-6)15(22)4/h7,9-10,17-18H,1,8,11-13H2,2-6H3,(H,27,32)(H,26,28,29). The van der Waals surface area contributed by atoms with E-state index in [1.807, 2.05) is 26.8 Å². The molecule has 1 fully saturated rings. The Hall–Kier alpha value is -3.86. The van der Waals surface area contributed by atoms with Gasteiger partial charge in [0.05, 0.1) is 51.7 Å². The van der Waals surface area contributed by atoms with Crippen LogP contribution in [0.1, 0.15) is 23.6 Å². The minimum Gasteiger partial charge on any atom is -0.496 e. The average Bonchev–Trinajstić information content (AvgIpc) is 3.30. The number of nitrogens with zero attached hydrogens (tertiary/aromatic N) is 4. The molecule has 2 aromatic rings. The highest BCUT2D eigenvalue weighted by Gasteiger charge is 2.36. The number of hydrogen-bond acceptors (Lipinski definition) is 8. The fraction of sp³-hybridized carbons (Fsp3) is 0.440. The molecule has 192 valence electrons. The van der Waals surface area contributed by atoms with Crippen LogP contribution in [0.5, 0.6) is 11.5 Å². The molecule has 11 nitrogen and oxygen atoms in total. The van der Waals surface area contributed by atoms with Gasteiger partial charge in [0.15, 0.2) is 0 Å². The smallest absolute Gasteiger partial charge is 0.330 e. The Morgan fingerprint density at radius 1 is 1.22 bits per heavy atom. The van der Waals surface area contributed by atoms with Crippen molar-refractivity contribution >= 4 is 29.4 Å². The molecule has 3 amide bonds. The minimum atomic E-state index is -0.272. The number of urea groups is 1. The maximum atomic E-state index is 13.7. The number of aromatic nitrogens is 2. The molecule has 3 heterocycles. The zero-order chi connectivity index (χ0) is 26.0. The van der Waals surface area contributed by atoms with Crippen molar-refractivity contribution in [3.05, 3.63) is 41.6 Å². The first-order chi connectivity index (χ1) is 17.3. The first-order valence-electron chi connectivity index (χ1n) is 11.8. The van der Waals surface area contributed by atoms with Gasteiger partial charge < -0.3 is 24.8 Å². The molecule has 11 heteroatoms. The topological polar surface area (TPSA) is 118 Å². The number of nitrogens with one attached hydrogen (secondary N) is 2. The van der Waals surface area contributed by atoms with Gasteiger partial charge in [-0.2, -0.15) is 4.98 Å². The van der Waals surface area contributed by atoms with Gasteiger partial charge in [-0.15, -0.1) is 0 Å². The third-order valence-electron chi connectivity index (χ3n) is 6.53. The lowest BCUT2D eigenvalue weighted by atomic mass is 10.0. The molecule has 0 saturated carbocycles. The number of ether oxygens (including phenoxy) is 3. The van der Waals surface area contributed by atoms with Gasteiger partial charge >= 0.3 is 6.03 Å². The zero-order valence-electron chi connectivity index (χ0n) is 21.3. The molecule has 0 spiro atoms. The van der Waals surface area contributed by atoms with E-state index in [0.717, 1.165) is 22.4 Å². The van der Waals surface area contributed by atoms with Crippen LogP contribution in [0.2, 0.25) is 0 Å². The van der Waals surface area contributed by atoms with Gasteiger partial charge in [-0.25, -0.2) is 9.78 Å². The van der Waals surface area contributed by atoms with Crippen LogP contribution in [0, 0.1) is 13.8 Å². The third kappa shape index (κ3) is 4.53. The van der Waals surface area contributed by atoms with Gasteiger partial charge in [-0.05, 0) is 26.8 Å². The lowest BCUT2D eigenvalue weighted by molar-refractivity contribution is -0.117. The number of carbonyl (C=O) groups excluding carboxylic acids is 2. The van der Waals surface area contributed by atoms with Crippen molar-refractivity contribution < 1.29 is 23.8 Å². The summed E-state index contributed by atoms with van der Waals surface area (Å²) in [5.74, 6) is 1.92. The quantitative estimate of drug-likeness (QED) is 0.536. The first-order valence-corrected chi connectivity index (χ1v) is 11.8. The molecule has 1 saturated heterocycles. The number of anilines is 3. The van der Waals surface area contributed by atoms with E-state index in [-0.39, 0.29) is 24.0 Å². The predicted octanol–water partition coefficient (Wildman–Crippen LogP) is 2.56. The normalized spacial score (nSPS) is 19.1. The zero-order valence-corrected chi connectivity index (χ0v) is 21.3. The SMILES string of the molecule is C=CC(=O)NC1COCC1Nc1ncc2c(n1)N(CC)C(=O)N(c1c(C)c(OC)cc(OC)c1C)C2. The summed E-state index contributed by atoms with van der Waals surface area (Å²) in [6.07, 6.45) is 2.95. The summed E-state index contributed by atoms with van der Waals surface area (Å²) in [4.78, 5) is 37.9. The Morgan fingerprint density at radius 2 is 1.89 bits per heavy atom. The molecule has 0 aliphatic carbocycles. The maximum Gasteiger partial charge on any atom is 0.330 e. The number of benzene rings is 1. The molecule has 2 atom stereocenters. The highest BCUT2D eigenvalue weighted by molar-refractivity contribution is 6.06. The van der Waals surface area contributed by atoms with Crippen molar-refractivity contribution in [2.75, 3.05) is 49.1 Å². The Morgan fingerprint density at radius 3 is 2.50 bits per heavy atom. The van der Waals surface area contributed by atoms with Crippen LogP contribution in [0.15, 0.2) is 24.9 Å². The molecule has 2 aliphatic heterocycles. The summed E-state index contributed by atoms with van der Waals surface area (Å²) >= 11 is 0. The number of methoxy groups -OCH3 is 2. The van der Waals surface area contributed by atoms with Crippen LogP contribution in [0.4, 0.5) is 22.2 Å². The average molecular weight is 497 g/mol. The van der Waals surface area contributed by atoms with Crippen molar-refractivity contribution in [1.82, 2.24) is 15.3 Å². The Balaban J connectivity index is 1.65. The Kier molecular flexibility index (Phi) is 7.30. The monoisotopic (exact) mass is 496 g/mol. The van der Waals surface area contributed by atoms with Gasteiger partial charge in [0.1, 0.15) is 17.3 Å². The van der Waals surface area contributed by atoms with Crippen molar-refractivity contribution in [3.63, 3.8) is 0 Å². The van der Waals surface area contributed by atoms with Crippen molar-refractivity contribution in [2.24, 2.45) is 0 Å². The van der Waals surface area contributed by atoms with Crippen LogP contribution in [0.3, 0.4) is 0 Å². The maximum absolute atomic E-state index is 13.7. The summed E-state index contributed by atoms with van der Waals surface area (Å²) in [6, 6.07) is 1.17. The van der Waals surface area contributed by atoms with E-state index in [0.29, 0.717) is 49.6 Å². The number of amides is 3. The van der Waals surface area contributed by atoms with Crippen molar-refractivity contribution in [1.29, 1.82) is 0 Å². The molecule has 1 aromatic carbocycles. The fourth-order valence-electron chi connectivity index (χ4n) is 4.67. The van der Waals surface area contributed by atoms with Crippen LogP contribution in [-0.4, -0.2) is 68.0 Å². The molecule has 4 rings (SSSR count). The summed E-state index contributed by atoms with van der Waals surface area (Å²) in [6.45, 7) is 10.7. The Labute approximate surface area is 210 Å². The predicted molar refractivity (Wildman–Crippen MR) is 136 cm³/mol. The van der Waals surface area contributed by atoms with Crippen LogP contribution in [-0.2, 0) is 16.1 Å². The van der Waals surface area contributed by atoms with Gasteiger partial charge in [0, 0.05) is 35.5 Å². The van der Waals surface area contributed by atoms with Gasteiger partial charge in [-0.3, -0.25) is 14.6 Å². The fourth-order valence-corrected chi connectivity index (χ4v) is 4.67. The number of carbonyl (C=O) groups is 2. The largest absolute Gasteiger partial charge is 0.496 e. The molecule has 1 aromatic heterocycles. The van der Waals surface area contributed by atoms with Crippen LogP contribution < -0.4 is 29.9 Å². The lowest BCUT2D eigenvalue weighted by Crippen LogP contribution is -2.48. The number of fused-ring (bicyclic) bond motifs is 1. The highest BCUT2D eigenvalue weighted by Crippen LogP contribution is 2.41. The molecule has 0 bridgehead atoms. The van der Waals surface area contributed by atoms with E-state index in [4.69, 9.17) is 14.2 Å². The number of hydrogen-bond donors (Lipinski definition) is 2. The second-order valence-corrected chi connectivity index (χ2v) is 8.64. The van der Waals surface area contributed by atoms with E-state index < -0.39 is 0 Å². The van der Waals surface area contributed by atoms with E-state index >= 15 is 0 Å². The summed E-state index contributed by atoms with van der Waals surface area (Å²) < 4.78 is 16.6. The van der Waals surface area contributed by atoms with Crippen LogP contribution >= 0.6 is 0 Å². The van der Waals surface area contributed by atoms with E-state index in [1.165, 1.54) is 6.08 Å². The van der Waals surface area contributed by atoms with E-state index in [2.05, 4.69) is 27.2 Å². The minimum absolute atomic E-state index is 0.198.